The van der Waals surface area contributed by atoms with Crippen molar-refractivity contribution in [3.63, 3.8) is 0 Å². The number of fused-ring (bicyclic) bond motifs is 6. The van der Waals surface area contributed by atoms with Crippen molar-refractivity contribution in [1.29, 1.82) is 0 Å². The SMILES string of the molecule is c1ccc(-c2ccccc2-c2cc(-c3ccccc3)c(-c3cccc4ccccc34)c(-c3cccc4cc5ccccc5cc34)c2-c2cccc3c2ccc2ccccc23)cc1. The molecule has 12 rings (SSSR count). The normalized spacial score (nSPS) is 11.5. The maximum atomic E-state index is 2.51. The molecule has 0 aliphatic heterocycles. The van der Waals surface area contributed by atoms with Gasteiger partial charge in [-0.15, -0.1) is 0 Å². The Labute approximate surface area is 361 Å². The summed E-state index contributed by atoms with van der Waals surface area (Å²) in [6.07, 6.45) is 0. The summed E-state index contributed by atoms with van der Waals surface area (Å²) in [5.74, 6) is 0. The molecule has 0 unspecified atom stereocenters. The van der Waals surface area contributed by atoms with E-state index in [2.05, 4.69) is 243 Å². The van der Waals surface area contributed by atoms with E-state index in [1.807, 2.05) is 0 Å². The van der Waals surface area contributed by atoms with Crippen LogP contribution in [0.1, 0.15) is 0 Å². The third kappa shape index (κ3) is 5.92. The molecule has 0 aliphatic rings. The Bertz CT molecular complexity index is 3670. The quantitative estimate of drug-likeness (QED) is 0.116. The van der Waals surface area contributed by atoms with Crippen LogP contribution in [0.3, 0.4) is 0 Å². The van der Waals surface area contributed by atoms with Crippen LogP contribution in [0.2, 0.25) is 0 Å². The Morgan fingerprint density at radius 2 is 0.613 bits per heavy atom. The van der Waals surface area contributed by atoms with E-state index < -0.39 is 0 Å². The molecule has 0 spiro atoms. The smallest absolute Gasteiger partial charge is 0.000763 e. The number of rotatable bonds is 6. The average molecular weight is 785 g/mol. The molecule has 0 saturated heterocycles. The Hall–Kier alpha value is -8.06. The monoisotopic (exact) mass is 784 g/mol. The molecular formula is C62H40. The molecule has 0 fully saturated rings. The first-order valence-corrected chi connectivity index (χ1v) is 21.5. The van der Waals surface area contributed by atoms with Crippen molar-refractivity contribution in [1.82, 2.24) is 0 Å². The highest BCUT2D eigenvalue weighted by Gasteiger charge is 2.28. The first-order valence-electron chi connectivity index (χ1n) is 21.5. The molecule has 0 heteroatoms. The van der Waals surface area contributed by atoms with Crippen LogP contribution in [-0.2, 0) is 0 Å². The standard InChI is InChI=1S/C62H40/c1-3-18-41(19-4-1)48-29-13-14-31-52(48)59-40-58(43-20-5-2-6-21-43)60(54-33-15-26-42-22-9-12-30-50(42)54)62(56-34-16-27-47-38-45-24-7-8-25-46(45)39-57(47)56)61(59)55-35-17-32-51-49-28-11-10-23-44(49)36-37-53(51)55/h1-40H. The minimum Gasteiger partial charge on any atom is -0.0622 e. The summed E-state index contributed by atoms with van der Waals surface area (Å²) in [7, 11) is 0. The van der Waals surface area contributed by atoms with Crippen molar-refractivity contribution in [2.45, 2.75) is 0 Å². The van der Waals surface area contributed by atoms with Gasteiger partial charge in [-0.2, -0.15) is 0 Å². The molecule has 0 N–H and O–H groups in total. The molecule has 0 radical (unpaired) electrons. The van der Waals surface area contributed by atoms with Gasteiger partial charge in [0, 0.05) is 0 Å². The van der Waals surface area contributed by atoms with E-state index in [9.17, 15) is 0 Å². The van der Waals surface area contributed by atoms with Gasteiger partial charge in [0.25, 0.3) is 0 Å². The molecule has 0 amide bonds. The van der Waals surface area contributed by atoms with Crippen molar-refractivity contribution >= 4 is 53.9 Å². The lowest BCUT2D eigenvalue weighted by molar-refractivity contribution is 1.54. The van der Waals surface area contributed by atoms with Gasteiger partial charge in [0.1, 0.15) is 0 Å². The van der Waals surface area contributed by atoms with Crippen molar-refractivity contribution < 1.29 is 0 Å². The zero-order valence-corrected chi connectivity index (χ0v) is 34.1. The summed E-state index contributed by atoms with van der Waals surface area (Å²) in [6.45, 7) is 0. The Morgan fingerprint density at radius 3 is 1.34 bits per heavy atom. The van der Waals surface area contributed by atoms with E-state index in [0.717, 1.165) is 0 Å². The van der Waals surface area contributed by atoms with E-state index >= 15 is 0 Å². The van der Waals surface area contributed by atoms with Crippen LogP contribution in [0.5, 0.6) is 0 Å². The molecule has 0 bridgehead atoms. The summed E-state index contributed by atoms with van der Waals surface area (Å²) in [5.41, 5.74) is 14.5. The number of hydrogen-bond acceptors (Lipinski definition) is 0. The summed E-state index contributed by atoms with van der Waals surface area (Å²) < 4.78 is 0. The van der Waals surface area contributed by atoms with E-state index in [-0.39, 0.29) is 0 Å². The lowest BCUT2D eigenvalue weighted by Crippen LogP contribution is -2.00. The molecule has 62 heavy (non-hydrogen) atoms. The van der Waals surface area contributed by atoms with Crippen LogP contribution in [0.15, 0.2) is 243 Å². The third-order valence-corrected chi connectivity index (χ3v) is 12.8. The molecule has 0 heterocycles. The highest BCUT2D eigenvalue weighted by atomic mass is 14.3. The fourth-order valence-corrected chi connectivity index (χ4v) is 10.0. The maximum Gasteiger partial charge on any atom is -0.000763 e. The lowest BCUT2D eigenvalue weighted by Gasteiger charge is -2.27. The minimum absolute atomic E-state index is 1.18. The van der Waals surface area contributed by atoms with Gasteiger partial charge in [-0.05, 0) is 139 Å². The molecule has 0 aromatic heterocycles. The van der Waals surface area contributed by atoms with Crippen LogP contribution in [0, 0.1) is 0 Å². The maximum absolute atomic E-state index is 2.51. The van der Waals surface area contributed by atoms with Crippen LogP contribution in [0.4, 0.5) is 0 Å². The van der Waals surface area contributed by atoms with Crippen LogP contribution in [0.25, 0.3) is 121 Å². The van der Waals surface area contributed by atoms with Gasteiger partial charge in [-0.25, -0.2) is 0 Å². The van der Waals surface area contributed by atoms with Crippen molar-refractivity contribution in [3.8, 4) is 66.8 Å². The molecule has 0 atom stereocenters. The first kappa shape index (κ1) is 35.8. The molecule has 288 valence electrons. The van der Waals surface area contributed by atoms with Gasteiger partial charge in [0.15, 0.2) is 0 Å². The zero-order valence-electron chi connectivity index (χ0n) is 34.1. The Morgan fingerprint density at radius 1 is 0.161 bits per heavy atom. The van der Waals surface area contributed by atoms with Gasteiger partial charge in [-0.3, -0.25) is 0 Å². The second-order valence-corrected chi connectivity index (χ2v) is 16.3. The summed E-state index contributed by atoms with van der Waals surface area (Å²) in [5, 5.41) is 12.3. The van der Waals surface area contributed by atoms with Gasteiger partial charge >= 0.3 is 0 Å². The predicted molar refractivity (Wildman–Crippen MR) is 267 cm³/mol. The van der Waals surface area contributed by atoms with Crippen LogP contribution < -0.4 is 0 Å². The topological polar surface area (TPSA) is 0 Å². The molecule has 12 aromatic carbocycles. The van der Waals surface area contributed by atoms with E-state index in [0.29, 0.717) is 0 Å². The fourth-order valence-electron chi connectivity index (χ4n) is 10.0. The highest BCUT2D eigenvalue weighted by molar-refractivity contribution is 6.21. The number of benzene rings is 12. The largest absolute Gasteiger partial charge is 0.0622 e. The van der Waals surface area contributed by atoms with E-state index in [1.54, 1.807) is 0 Å². The van der Waals surface area contributed by atoms with E-state index in [4.69, 9.17) is 0 Å². The van der Waals surface area contributed by atoms with Crippen molar-refractivity contribution in [2.75, 3.05) is 0 Å². The zero-order chi connectivity index (χ0) is 41.0. The fraction of sp³-hybridized carbons (Fsp3) is 0. The highest BCUT2D eigenvalue weighted by Crippen LogP contribution is 2.55. The van der Waals surface area contributed by atoms with Gasteiger partial charge < -0.3 is 0 Å². The molecular weight excluding hydrogens is 745 g/mol. The molecule has 0 aliphatic carbocycles. The van der Waals surface area contributed by atoms with Gasteiger partial charge in [0.05, 0.1) is 0 Å². The summed E-state index contributed by atoms with van der Waals surface area (Å²) in [6, 6.07) is 89.9. The molecule has 12 aromatic rings. The predicted octanol–water partition coefficient (Wildman–Crippen LogP) is 17.5. The second-order valence-electron chi connectivity index (χ2n) is 16.3. The number of hydrogen-bond donors (Lipinski definition) is 0. The van der Waals surface area contributed by atoms with Crippen molar-refractivity contribution in [2.24, 2.45) is 0 Å². The molecule has 0 nitrogen and oxygen atoms in total. The Kier molecular flexibility index (Phi) is 8.61. The third-order valence-electron chi connectivity index (χ3n) is 12.8. The van der Waals surface area contributed by atoms with Crippen LogP contribution in [-0.4, -0.2) is 0 Å². The minimum atomic E-state index is 1.18. The van der Waals surface area contributed by atoms with Gasteiger partial charge in [0.2, 0.25) is 0 Å². The summed E-state index contributed by atoms with van der Waals surface area (Å²) in [4.78, 5) is 0. The molecule has 0 saturated carbocycles. The average Bonchev–Trinajstić information content (AvgIpc) is 3.35. The Balaban J connectivity index is 1.36. The lowest BCUT2D eigenvalue weighted by atomic mass is 9.75. The van der Waals surface area contributed by atoms with E-state index in [1.165, 1.54) is 121 Å². The first-order chi connectivity index (χ1) is 30.8. The second kappa shape index (κ2) is 14.9. The summed E-state index contributed by atoms with van der Waals surface area (Å²) >= 11 is 0. The van der Waals surface area contributed by atoms with Gasteiger partial charge in [-0.1, -0.05) is 224 Å². The van der Waals surface area contributed by atoms with Crippen molar-refractivity contribution in [3.05, 3.63) is 243 Å². The van der Waals surface area contributed by atoms with Crippen LogP contribution >= 0.6 is 0 Å².